The number of rotatable bonds is 7. The number of carbonyl (C=O) groups excluding carboxylic acids is 2. The summed E-state index contributed by atoms with van der Waals surface area (Å²) in [6, 6.07) is 7.48. The van der Waals surface area contributed by atoms with Crippen LogP contribution in [0.1, 0.15) is 25.8 Å². The number of benzene rings is 1. The van der Waals surface area contributed by atoms with Gasteiger partial charge in [-0.3, -0.25) is 9.59 Å². The zero-order chi connectivity index (χ0) is 15.0. The maximum atomic E-state index is 11.5. The van der Waals surface area contributed by atoms with E-state index in [0.29, 0.717) is 19.5 Å². The molecule has 0 atom stereocenters. The maximum Gasteiger partial charge on any atom is 0.226 e. The number of hydrogen-bond donors (Lipinski definition) is 3. The minimum absolute atomic E-state index is 0.00174. The molecule has 0 saturated carbocycles. The van der Waals surface area contributed by atoms with Crippen molar-refractivity contribution in [2.45, 2.75) is 26.8 Å². The highest BCUT2D eigenvalue weighted by molar-refractivity contribution is 5.92. The molecule has 0 unspecified atom stereocenters. The van der Waals surface area contributed by atoms with Crippen molar-refractivity contribution in [1.82, 2.24) is 10.6 Å². The minimum Gasteiger partial charge on any atom is -0.352 e. The number of nitrogens with one attached hydrogen (secondary N) is 3. The molecule has 5 heteroatoms. The van der Waals surface area contributed by atoms with Crippen molar-refractivity contribution < 1.29 is 9.59 Å². The van der Waals surface area contributed by atoms with E-state index in [1.165, 1.54) is 0 Å². The topological polar surface area (TPSA) is 70.2 Å². The second-order valence-electron chi connectivity index (χ2n) is 4.97. The van der Waals surface area contributed by atoms with E-state index in [0.717, 1.165) is 11.3 Å². The summed E-state index contributed by atoms with van der Waals surface area (Å²) >= 11 is 0. The molecule has 2 amide bonds. The molecule has 0 aliphatic carbocycles. The predicted octanol–water partition coefficient (Wildman–Crippen LogP) is 1.51. The average Bonchev–Trinajstić information content (AvgIpc) is 2.44. The Hall–Kier alpha value is -1.88. The lowest BCUT2D eigenvalue weighted by Gasteiger charge is -2.09. The summed E-state index contributed by atoms with van der Waals surface area (Å²) < 4.78 is 0. The van der Waals surface area contributed by atoms with Crippen molar-refractivity contribution in [1.29, 1.82) is 0 Å². The smallest absolute Gasteiger partial charge is 0.226 e. The van der Waals surface area contributed by atoms with Gasteiger partial charge in [0.25, 0.3) is 0 Å². The van der Waals surface area contributed by atoms with Crippen molar-refractivity contribution in [3.8, 4) is 0 Å². The van der Waals surface area contributed by atoms with E-state index in [-0.39, 0.29) is 17.7 Å². The zero-order valence-corrected chi connectivity index (χ0v) is 12.3. The lowest BCUT2D eigenvalue weighted by atomic mass is 10.1. The van der Waals surface area contributed by atoms with Gasteiger partial charge in [0.15, 0.2) is 0 Å². The normalized spacial score (nSPS) is 10.4. The van der Waals surface area contributed by atoms with E-state index in [2.05, 4.69) is 16.0 Å². The van der Waals surface area contributed by atoms with Gasteiger partial charge in [0.05, 0.1) is 0 Å². The third-order valence-electron chi connectivity index (χ3n) is 2.84. The van der Waals surface area contributed by atoms with Crippen molar-refractivity contribution in [2.24, 2.45) is 5.92 Å². The molecule has 0 aliphatic rings. The summed E-state index contributed by atoms with van der Waals surface area (Å²) in [5.74, 6) is -0.0178. The molecule has 0 fully saturated rings. The standard InChI is InChI=1S/C15H23N3O2/c1-11(2)15(20)18-13-6-4-12(5-7-13)10-17-14(19)8-9-16-3/h4-7,11,16H,8-10H2,1-3H3,(H,17,19)(H,18,20). The lowest BCUT2D eigenvalue weighted by Crippen LogP contribution is -2.26. The van der Waals surface area contributed by atoms with Gasteiger partial charge in [-0.1, -0.05) is 26.0 Å². The molecular formula is C15H23N3O2. The molecule has 0 saturated heterocycles. The fraction of sp³-hybridized carbons (Fsp3) is 0.467. The first-order valence-corrected chi connectivity index (χ1v) is 6.84. The van der Waals surface area contributed by atoms with E-state index in [1.807, 2.05) is 45.2 Å². The van der Waals surface area contributed by atoms with Crippen LogP contribution < -0.4 is 16.0 Å². The molecule has 1 aromatic rings. The summed E-state index contributed by atoms with van der Waals surface area (Å²) in [4.78, 5) is 23.0. The molecule has 0 radical (unpaired) electrons. The molecule has 3 N–H and O–H groups in total. The monoisotopic (exact) mass is 277 g/mol. The highest BCUT2D eigenvalue weighted by atomic mass is 16.2. The van der Waals surface area contributed by atoms with Crippen LogP contribution >= 0.6 is 0 Å². The SMILES string of the molecule is CNCCC(=O)NCc1ccc(NC(=O)C(C)C)cc1. The average molecular weight is 277 g/mol. The zero-order valence-electron chi connectivity index (χ0n) is 12.3. The van der Waals surface area contributed by atoms with Crippen LogP contribution in [0.3, 0.4) is 0 Å². The molecule has 110 valence electrons. The molecular weight excluding hydrogens is 254 g/mol. The fourth-order valence-corrected chi connectivity index (χ4v) is 1.52. The van der Waals surface area contributed by atoms with Crippen LogP contribution in [0.2, 0.25) is 0 Å². The van der Waals surface area contributed by atoms with Crippen molar-refractivity contribution in [3.05, 3.63) is 29.8 Å². The number of carbonyl (C=O) groups is 2. The fourth-order valence-electron chi connectivity index (χ4n) is 1.52. The van der Waals surface area contributed by atoms with Crippen LogP contribution in [0.25, 0.3) is 0 Å². The van der Waals surface area contributed by atoms with Crippen LogP contribution in [-0.2, 0) is 16.1 Å². The third-order valence-corrected chi connectivity index (χ3v) is 2.84. The largest absolute Gasteiger partial charge is 0.352 e. The van der Waals surface area contributed by atoms with Gasteiger partial charge in [0.1, 0.15) is 0 Å². The molecule has 0 spiro atoms. The summed E-state index contributed by atoms with van der Waals surface area (Å²) in [7, 11) is 1.82. The van der Waals surface area contributed by atoms with Gasteiger partial charge in [0, 0.05) is 31.1 Å². The summed E-state index contributed by atoms with van der Waals surface area (Å²) in [6.07, 6.45) is 0.471. The molecule has 0 aliphatic heterocycles. The van der Waals surface area contributed by atoms with E-state index in [9.17, 15) is 9.59 Å². The van der Waals surface area contributed by atoms with Gasteiger partial charge in [-0.15, -0.1) is 0 Å². The first kappa shape index (κ1) is 16.2. The van der Waals surface area contributed by atoms with Crippen molar-refractivity contribution in [3.63, 3.8) is 0 Å². The number of amides is 2. The maximum absolute atomic E-state index is 11.5. The van der Waals surface area contributed by atoms with E-state index < -0.39 is 0 Å². The van der Waals surface area contributed by atoms with E-state index >= 15 is 0 Å². The highest BCUT2D eigenvalue weighted by Crippen LogP contribution is 2.10. The Balaban J connectivity index is 2.42. The Bertz CT molecular complexity index is 441. The summed E-state index contributed by atoms with van der Waals surface area (Å²) in [5, 5.41) is 8.60. The second kappa shape index (κ2) is 8.32. The Kier molecular flexibility index (Phi) is 6.73. The molecule has 1 aromatic carbocycles. The van der Waals surface area contributed by atoms with Gasteiger partial charge >= 0.3 is 0 Å². The van der Waals surface area contributed by atoms with Gasteiger partial charge in [-0.2, -0.15) is 0 Å². The van der Waals surface area contributed by atoms with Crippen LogP contribution in [0.15, 0.2) is 24.3 Å². The van der Waals surface area contributed by atoms with E-state index in [4.69, 9.17) is 0 Å². The summed E-state index contributed by atoms with van der Waals surface area (Å²) in [6.45, 7) is 4.88. The Morgan fingerprint density at radius 3 is 2.35 bits per heavy atom. The first-order chi connectivity index (χ1) is 9.52. The van der Waals surface area contributed by atoms with Gasteiger partial charge in [-0.25, -0.2) is 0 Å². The van der Waals surface area contributed by atoms with Crippen LogP contribution in [0, 0.1) is 5.92 Å². The van der Waals surface area contributed by atoms with Crippen molar-refractivity contribution >= 4 is 17.5 Å². The molecule has 0 heterocycles. The molecule has 5 nitrogen and oxygen atoms in total. The molecule has 20 heavy (non-hydrogen) atoms. The predicted molar refractivity (Wildman–Crippen MR) is 80.3 cm³/mol. The van der Waals surface area contributed by atoms with Crippen LogP contribution in [-0.4, -0.2) is 25.4 Å². The van der Waals surface area contributed by atoms with Gasteiger partial charge < -0.3 is 16.0 Å². The number of hydrogen-bond acceptors (Lipinski definition) is 3. The lowest BCUT2D eigenvalue weighted by molar-refractivity contribution is -0.121. The quantitative estimate of drug-likeness (QED) is 0.707. The Morgan fingerprint density at radius 2 is 1.80 bits per heavy atom. The van der Waals surface area contributed by atoms with Crippen LogP contribution in [0.4, 0.5) is 5.69 Å². The second-order valence-corrected chi connectivity index (χ2v) is 4.97. The van der Waals surface area contributed by atoms with Crippen LogP contribution in [0.5, 0.6) is 0 Å². The molecule has 0 bridgehead atoms. The molecule has 0 aromatic heterocycles. The van der Waals surface area contributed by atoms with E-state index in [1.54, 1.807) is 0 Å². The van der Waals surface area contributed by atoms with Crippen molar-refractivity contribution in [2.75, 3.05) is 18.9 Å². The summed E-state index contributed by atoms with van der Waals surface area (Å²) in [5.41, 5.74) is 1.78. The Labute approximate surface area is 120 Å². The molecule has 1 rings (SSSR count). The first-order valence-electron chi connectivity index (χ1n) is 6.84. The third kappa shape index (κ3) is 5.84. The minimum atomic E-state index is -0.0406. The number of anilines is 1. The highest BCUT2D eigenvalue weighted by Gasteiger charge is 2.06. The van der Waals surface area contributed by atoms with Gasteiger partial charge in [-0.05, 0) is 24.7 Å². The Morgan fingerprint density at radius 1 is 1.15 bits per heavy atom. The van der Waals surface area contributed by atoms with Gasteiger partial charge in [0.2, 0.25) is 11.8 Å².